The van der Waals surface area contributed by atoms with Crippen LogP contribution in [0.25, 0.3) is 11.2 Å². The van der Waals surface area contributed by atoms with Gasteiger partial charge in [-0.25, -0.2) is 9.78 Å². The Balaban J connectivity index is 2.12. The summed E-state index contributed by atoms with van der Waals surface area (Å²) in [5, 5.41) is 9.27. The number of aliphatic hydroxyl groups is 1. The minimum Gasteiger partial charge on any atom is -0.396 e. The minimum absolute atomic E-state index is 0.0549. The Hall–Kier alpha value is -1.93. The van der Waals surface area contributed by atoms with E-state index in [4.69, 9.17) is 4.98 Å². The van der Waals surface area contributed by atoms with Gasteiger partial charge in [-0.15, -0.1) is 0 Å². The lowest BCUT2D eigenvalue weighted by atomic mass is 10.0. The van der Waals surface area contributed by atoms with Crippen molar-refractivity contribution in [2.24, 2.45) is 14.1 Å². The molecule has 0 radical (unpaired) electrons. The number of nitrogens with zero attached hydrogens (tertiary/aromatic N) is 4. The van der Waals surface area contributed by atoms with Gasteiger partial charge in [0.2, 0.25) is 0 Å². The number of rotatable bonds is 6. The van der Waals surface area contributed by atoms with E-state index in [9.17, 15) is 14.7 Å². The van der Waals surface area contributed by atoms with Crippen LogP contribution >= 0.6 is 0 Å². The van der Waals surface area contributed by atoms with Gasteiger partial charge < -0.3 is 14.6 Å². The van der Waals surface area contributed by atoms with E-state index in [1.807, 2.05) is 4.57 Å². The molecule has 3 rings (SSSR count). The highest BCUT2D eigenvalue weighted by Gasteiger charge is 2.28. The van der Waals surface area contributed by atoms with Crippen LogP contribution in [0.4, 0.5) is 0 Å². The van der Waals surface area contributed by atoms with E-state index in [0.717, 1.165) is 29.9 Å². The Morgan fingerprint density at radius 1 is 1.23 bits per heavy atom. The molecule has 2 atom stereocenters. The van der Waals surface area contributed by atoms with E-state index in [2.05, 4.69) is 6.92 Å². The van der Waals surface area contributed by atoms with Crippen molar-refractivity contribution in [3.8, 4) is 0 Å². The molecule has 0 saturated carbocycles. The quantitative estimate of drug-likeness (QED) is 0.700. The van der Waals surface area contributed by atoms with E-state index in [1.165, 1.54) is 35.8 Å². The topological polar surface area (TPSA) is 86.5 Å². The normalized spacial score (nSPS) is 20.8. The Labute approximate surface area is 152 Å². The number of imidazole rings is 1. The van der Waals surface area contributed by atoms with Crippen molar-refractivity contribution in [1.82, 2.24) is 18.7 Å². The van der Waals surface area contributed by atoms with Crippen LogP contribution in [0.15, 0.2) is 9.59 Å². The molecule has 3 heterocycles. The van der Waals surface area contributed by atoms with Gasteiger partial charge >= 0.3 is 5.69 Å². The van der Waals surface area contributed by atoms with Crippen molar-refractivity contribution in [1.29, 1.82) is 0 Å². The lowest BCUT2D eigenvalue weighted by Gasteiger charge is -2.31. The molecule has 0 amide bonds. The maximum Gasteiger partial charge on any atom is 0.332 e. The fraction of sp³-hybridized carbons (Fsp3) is 0.722. The van der Waals surface area contributed by atoms with Crippen LogP contribution in [-0.2, 0) is 27.2 Å². The molecule has 1 aliphatic heterocycles. The van der Waals surface area contributed by atoms with Crippen LogP contribution in [0.3, 0.4) is 0 Å². The summed E-state index contributed by atoms with van der Waals surface area (Å²) in [5.74, 6) is 0.835. The monoisotopic (exact) mass is 364 g/mol. The third-order valence-corrected chi connectivity index (χ3v) is 5.72. The highest BCUT2D eigenvalue weighted by atomic mass is 16.3. The number of aliphatic hydroxyl groups excluding tert-OH is 1. The molecule has 8 nitrogen and oxygen atoms in total. The summed E-state index contributed by atoms with van der Waals surface area (Å²) in [4.78, 5) is 31.2. The molecule has 2 aromatic heterocycles. The van der Waals surface area contributed by atoms with E-state index in [-0.39, 0.29) is 17.9 Å². The standard InChI is InChI=1S/C18H29N5O3/c1-4-13-8-5-6-9-22(13)12-14-19-16-15(23(14)10-7-11-24)17(25)21(3)18(26)20(16)2/h13,24H,4-12H2,1-3H3/p+1/t13-/m1/s1. The van der Waals surface area contributed by atoms with Crippen molar-refractivity contribution < 1.29 is 10.0 Å². The maximum atomic E-state index is 12.7. The first-order chi connectivity index (χ1) is 12.5. The Bertz CT molecular complexity index is 895. The average Bonchev–Trinajstić information content (AvgIpc) is 3.01. The van der Waals surface area contributed by atoms with Crippen LogP contribution in [0.1, 0.15) is 44.9 Å². The van der Waals surface area contributed by atoms with Gasteiger partial charge in [0.15, 0.2) is 17.0 Å². The second-order valence-electron chi connectivity index (χ2n) is 7.32. The zero-order valence-corrected chi connectivity index (χ0v) is 16.0. The predicted molar refractivity (Wildman–Crippen MR) is 99.4 cm³/mol. The lowest BCUT2D eigenvalue weighted by molar-refractivity contribution is -0.944. The SMILES string of the molecule is CC[C@@H]1CCCC[NH+]1Cc1nc2c(c(=O)n(C)c(=O)n2C)n1CCCO. The summed E-state index contributed by atoms with van der Waals surface area (Å²) < 4.78 is 4.49. The Morgan fingerprint density at radius 3 is 2.69 bits per heavy atom. The van der Waals surface area contributed by atoms with E-state index in [0.29, 0.717) is 30.2 Å². The van der Waals surface area contributed by atoms with Crippen LogP contribution in [0.5, 0.6) is 0 Å². The molecule has 2 N–H and O–H groups in total. The van der Waals surface area contributed by atoms with E-state index >= 15 is 0 Å². The van der Waals surface area contributed by atoms with Gasteiger partial charge in [-0.3, -0.25) is 13.9 Å². The fourth-order valence-corrected chi connectivity index (χ4v) is 4.18. The second-order valence-corrected chi connectivity index (χ2v) is 7.32. The zero-order chi connectivity index (χ0) is 18.8. The number of hydrogen-bond acceptors (Lipinski definition) is 4. The van der Waals surface area contributed by atoms with Crippen LogP contribution in [0, 0.1) is 0 Å². The van der Waals surface area contributed by atoms with Crippen LogP contribution in [-0.4, -0.2) is 43.0 Å². The number of aryl methyl sites for hydroxylation is 2. The molecule has 2 aromatic rings. The molecule has 1 unspecified atom stereocenters. The number of nitrogens with one attached hydrogen (secondary N) is 1. The maximum absolute atomic E-state index is 12.7. The van der Waals surface area contributed by atoms with Gasteiger partial charge in [-0.05, 0) is 32.1 Å². The minimum atomic E-state index is -0.363. The van der Waals surface area contributed by atoms with Crippen molar-refractivity contribution in [3.05, 3.63) is 26.7 Å². The molecule has 8 heteroatoms. The smallest absolute Gasteiger partial charge is 0.332 e. The predicted octanol–water partition coefficient (Wildman–Crippen LogP) is -0.836. The van der Waals surface area contributed by atoms with E-state index < -0.39 is 0 Å². The average molecular weight is 364 g/mol. The van der Waals surface area contributed by atoms with Crippen molar-refractivity contribution in [2.75, 3.05) is 13.2 Å². The number of piperidine rings is 1. The van der Waals surface area contributed by atoms with Gasteiger partial charge in [-0.2, -0.15) is 0 Å². The molecule has 0 spiro atoms. The van der Waals surface area contributed by atoms with Gasteiger partial charge in [0.1, 0.15) is 6.54 Å². The first kappa shape index (κ1) is 18.8. The summed E-state index contributed by atoms with van der Waals surface area (Å²) in [6.07, 6.45) is 5.40. The lowest BCUT2D eigenvalue weighted by Crippen LogP contribution is -3.15. The molecule has 26 heavy (non-hydrogen) atoms. The molecular formula is C18H30N5O3+. The molecule has 1 aliphatic rings. The van der Waals surface area contributed by atoms with Crippen molar-refractivity contribution in [3.63, 3.8) is 0 Å². The van der Waals surface area contributed by atoms with Crippen LogP contribution in [0.2, 0.25) is 0 Å². The summed E-state index contributed by atoms with van der Waals surface area (Å²) in [6, 6.07) is 0.613. The number of quaternary nitrogens is 1. The molecule has 1 fully saturated rings. The number of hydrogen-bond donors (Lipinski definition) is 2. The van der Waals surface area contributed by atoms with E-state index in [1.54, 1.807) is 7.05 Å². The van der Waals surface area contributed by atoms with Crippen molar-refractivity contribution >= 4 is 11.2 Å². The summed E-state index contributed by atoms with van der Waals surface area (Å²) in [5.41, 5.74) is 0.219. The third kappa shape index (κ3) is 3.23. The Kier molecular flexibility index (Phi) is 5.62. The van der Waals surface area contributed by atoms with Gasteiger partial charge in [0.05, 0.1) is 12.6 Å². The van der Waals surface area contributed by atoms with Gasteiger partial charge in [0.25, 0.3) is 5.56 Å². The van der Waals surface area contributed by atoms with Gasteiger partial charge in [-0.1, -0.05) is 6.92 Å². The zero-order valence-electron chi connectivity index (χ0n) is 16.0. The fourth-order valence-electron chi connectivity index (χ4n) is 4.18. The number of fused-ring (bicyclic) bond motifs is 1. The first-order valence-corrected chi connectivity index (χ1v) is 9.60. The molecule has 0 aromatic carbocycles. The highest BCUT2D eigenvalue weighted by Crippen LogP contribution is 2.13. The molecule has 0 aliphatic carbocycles. The largest absolute Gasteiger partial charge is 0.396 e. The third-order valence-electron chi connectivity index (χ3n) is 5.72. The second kappa shape index (κ2) is 7.75. The van der Waals surface area contributed by atoms with Crippen molar-refractivity contribution in [2.45, 2.75) is 58.2 Å². The molecular weight excluding hydrogens is 334 g/mol. The molecule has 1 saturated heterocycles. The summed E-state index contributed by atoms with van der Waals surface area (Å²) in [7, 11) is 3.15. The highest BCUT2D eigenvalue weighted by molar-refractivity contribution is 5.71. The summed E-state index contributed by atoms with van der Waals surface area (Å²) in [6.45, 7) is 4.66. The molecule has 144 valence electrons. The first-order valence-electron chi connectivity index (χ1n) is 9.60. The molecule has 0 bridgehead atoms. The number of likely N-dealkylation sites (tertiary alicyclic amines) is 1. The van der Waals surface area contributed by atoms with Crippen LogP contribution < -0.4 is 16.1 Å². The van der Waals surface area contributed by atoms with Gasteiger partial charge in [0, 0.05) is 27.2 Å². The Morgan fingerprint density at radius 2 is 2.00 bits per heavy atom. The number of aromatic nitrogens is 4. The summed E-state index contributed by atoms with van der Waals surface area (Å²) >= 11 is 0.